The predicted octanol–water partition coefficient (Wildman–Crippen LogP) is 4.33. The fourth-order valence-electron chi connectivity index (χ4n) is 2.93. The summed E-state index contributed by atoms with van der Waals surface area (Å²) in [6, 6.07) is 14.0. The van der Waals surface area contributed by atoms with Crippen LogP contribution in [0.15, 0.2) is 59.5 Å². The smallest absolute Gasteiger partial charge is 0.408 e. The van der Waals surface area contributed by atoms with Gasteiger partial charge in [-0.15, -0.1) is 11.8 Å². The van der Waals surface area contributed by atoms with Crippen LogP contribution in [0, 0.1) is 11.7 Å². The number of hydrogen-bond donors (Lipinski definition) is 2. The van der Waals surface area contributed by atoms with Crippen LogP contribution in [-0.4, -0.2) is 36.1 Å². The Morgan fingerprint density at radius 2 is 1.75 bits per heavy atom. The molecule has 2 amide bonds. The highest BCUT2D eigenvalue weighted by Crippen LogP contribution is 2.22. The Balaban J connectivity index is 1.86. The van der Waals surface area contributed by atoms with E-state index in [9.17, 15) is 18.8 Å². The Morgan fingerprint density at radius 1 is 1.06 bits per heavy atom. The average molecular weight is 461 g/mol. The number of aldehydes is 1. The Morgan fingerprint density at radius 3 is 2.41 bits per heavy atom. The minimum absolute atomic E-state index is 0.0902. The summed E-state index contributed by atoms with van der Waals surface area (Å²) in [4.78, 5) is 36.9. The fraction of sp³-hybridized carbons (Fsp3) is 0.375. The summed E-state index contributed by atoms with van der Waals surface area (Å²) in [5.41, 5.74) is 0.834. The van der Waals surface area contributed by atoms with E-state index in [1.807, 2.05) is 44.2 Å². The number of hydrogen-bond acceptors (Lipinski definition) is 5. The second kappa shape index (κ2) is 13.5. The molecule has 0 spiro atoms. The lowest BCUT2D eigenvalue weighted by atomic mass is 10.0. The molecule has 0 bridgehead atoms. The third-order valence-corrected chi connectivity index (χ3v) is 5.63. The molecule has 6 nitrogen and oxygen atoms in total. The van der Waals surface area contributed by atoms with E-state index in [4.69, 9.17) is 4.74 Å². The number of halogens is 1. The number of carbonyl (C=O) groups is 3. The van der Waals surface area contributed by atoms with E-state index >= 15 is 0 Å². The van der Waals surface area contributed by atoms with Crippen LogP contribution in [0.2, 0.25) is 0 Å². The lowest BCUT2D eigenvalue weighted by Gasteiger charge is -2.22. The van der Waals surface area contributed by atoms with Crippen molar-refractivity contribution in [3.63, 3.8) is 0 Å². The Hall–Kier alpha value is -2.87. The van der Waals surface area contributed by atoms with Crippen LogP contribution < -0.4 is 10.6 Å². The van der Waals surface area contributed by atoms with Gasteiger partial charge in [-0.25, -0.2) is 9.18 Å². The second-order valence-electron chi connectivity index (χ2n) is 7.71. The molecule has 32 heavy (non-hydrogen) atoms. The van der Waals surface area contributed by atoms with Gasteiger partial charge < -0.3 is 20.2 Å². The number of benzene rings is 2. The van der Waals surface area contributed by atoms with Crippen LogP contribution in [0.25, 0.3) is 0 Å². The number of carbonyl (C=O) groups excluding carboxylic acids is 3. The van der Waals surface area contributed by atoms with Gasteiger partial charge in [-0.2, -0.15) is 0 Å². The number of rotatable bonds is 12. The lowest BCUT2D eigenvalue weighted by Crippen LogP contribution is -2.50. The second-order valence-corrected chi connectivity index (χ2v) is 8.84. The van der Waals surface area contributed by atoms with Crippen molar-refractivity contribution in [3.05, 3.63) is 66.0 Å². The van der Waals surface area contributed by atoms with Crippen LogP contribution in [0.1, 0.15) is 32.3 Å². The number of alkyl carbamates (subject to hydrolysis) is 1. The maximum absolute atomic E-state index is 13.7. The molecule has 2 aromatic rings. The molecule has 0 fully saturated rings. The van der Waals surface area contributed by atoms with Gasteiger partial charge in [0.25, 0.3) is 0 Å². The first-order valence-corrected chi connectivity index (χ1v) is 11.5. The molecule has 0 saturated carbocycles. The normalized spacial score (nSPS) is 12.6. The van der Waals surface area contributed by atoms with Gasteiger partial charge in [-0.1, -0.05) is 56.3 Å². The zero-order valence-corrected chi connectivity index (χ0v) is 19.1. The van der Waals surface area contributed by atoms with E-state index in [1.165, 1.54) is 17.8 Å². The number of amides is 2. The summed E-state index contributed by atoms with van der Waals surface area (Å²) >= 11 is 1.28. The van der Waals surface area contributed by atoms with Crippen LogP contribution in [0.4, 0.5) is 9.18 Å². The van der Waals surface area contributed by atoms with Crippen molar-refractivity contribution in [2.24, 2.45) is 5.92 Å². The molecule has 2 aromatic carbocycles. The molecule has 172 valence electrons. The Bertz CT molecular complexity index is 879. The predicted molar refractivity (Wildman–Crippen MR) is 123 cm³/mol. The lowest BCUT2D eigenvalue weighted by molar-refractivity contribution is -0.126. The minimum Gasteiger partial charge on any atom is -0.445 e. The van der Waals surface area contributed by atoms with E-state index in [-0.39, 0.29) is 18.3 Å². The molecule has 2 N–H and O–H groups in total. The Kier molecular flexibility index (Phi) is 10.7. The summed E-state index contributed by atoms with van der Waals surface area (Å²) in [6.45, 7) is 3.95. The van der Waals surface area contributed by atoms with Crippen LogP contribution in [-0.2, 0) is 20.9 Å². The highest BCUT2D eigenvalue weighted by molar-refractivity contribution is 7.99. The largest absolute Gasteiger partial charge is 0.445 e. The maximum Gasteiger partial charge on any atom is 0.408 e. The van der Waals surface area contributed by atoms with Gasteiger partial charge in [-0.3, -0.25) is 4.79 Å². The summed E-state index contributed by atoms with van der Waals surface area (Å²) in [6.07, 6.45) is 0.676. The van der Waals surface area contributed by atoms with E-state index in [1.54, 1.807) is 18.2 Å². The monoisotopic (exact) mass is 460 g/mol. The number of ether oxygens (including phenoxy) is 1. The van der Waals surface area contributed by atoms with Gasteiger partial charge in [0.2, 0.25) is 5.91 Å². The molecule has 0 aromatic heterocycles. The van der Waals surface area contributed by atoms with Crippen molar-refractivity contribution in [2.45, 2.75) is 50.3 Å². The van der Waals surface area contributed by atoms with Crippen molar-refractivity contribution in [2.75, 3.05) is 5.75 Å². The van der Waals surface area contributed by atoms with Crippen LogP contribution in [0.5, 0.6) is 0 Å². The molecule has 0 saturated heterocycles. The molecule has 0 aliphatic rings. The van der Waals surface area contributed by atoms with E-state index in [0.717, 1.165) is 5.56 Å². The van der Waals surface area contributed by atoms with Crippen LogP contribution in [0.3, 0.4) is 0 Å². The van der Waals surface area contributed by atoms with Crippen molar-refractivity contribution in [3.8, 4) is 0 Å². The summed E-state index contributed by atoms with van der Waals surface area (Å²) in [5.74, 6) is -0.194. The molecular weight excluding hydrogens is 431 g/mol. The van der Waals surface area contributed by atoms with Gasteiger partial charge in [0, 0.05) is 10.6 Å². The first kappa shape index (κ1) is 25.4. The third-order valence-electron chi connectivity index (χ3n) is 4.54. The molecule has 2 rings (SSSR count). The van der Waals surface area contributed by atoms with Gasteiger partial charge in [0.05, 0.1) is 6.04 Å². The highest BCUT2D eigenvalue weighted by Gasteiger charge is 2.24. The molecule has 2 atom stereocenters. The van der Waals surface area contributed by atoms with E-state index < -0.39 is 24.1 Å². The fourth-order valence-corrected chi connectivity index (χ4v) is 3.90. The topological polar surface area (TPSA) is 84.5 Å². The van der Waals surface area contributed by atoms with Crippen molar-refractivity contribution in [1.82, 2.24) is 10.6 Å². The molecular formula is C24H29FN2O4S. The van der Waals surface area contributed by atoms with Gasteiger partial charge in [0.1, 0.15) is 24.8 Å². The standard InChI is InChI=1S/C24H29FN2O4S/c1-17(2)14-21(27-24(30)31-16-18-8-4-3-5-9-18)23(29)26-19(15-28)12-13-32-22-11-7-6-10-20(22)25/h3-11,15,17,19,21H,12-14,16H2,1-2H3,(H,26,29)(H,27,30)/t19?,21-/m0/s1. The van der Waals surface area contributed by atoms with Crippen molar-refractivity contribution >= 4 is 30.0 Å². The summed E-state index contributed by atoms with van der Waals surface area (Å²) in [5, 5.41) is 5.26. The van der Waals surface area contributed by atoms with Crippen LogP contribution >= 0.6 is 11.8 Å². The van der Waals surface area contributed by atoms with Crippen molar-refractivity contribution < 1.29 is 23.5 Å². The molecule has 0 aliphatic carbocycles. The van der Waals surface area contributed by atoms with Gasteiger partial charge >= 0.3 is 6.09 Å². The van der Waals surface area contributed by atoms with Gasteiger partial charge in [-0.05, 0) is 36.5 Å². The number of thioether (sulfide) groups is 1. The summed E-state index contributed by atoms with van der Waals surface area (Å²) in [7, 11) is 0. The van der Waals surface area contributed by atoms with E-state index in [0.29, 0.717) is 29.8 Å². The molecule has 0 aliphatic heterocycles. The van der Waals surface area contributed by atoms with Gasteiger partial charge in [0.15, 0.2) is 0 Å². The quantitative estimate of drug-likeness (QED) is 0.364. The Labute approximate surface area is 192 Å². The third kappa shape index (κ3) is 9.09. The summed E-state index contributed by atoms with van der Waals surface area (Å²) < 4.78 is 18.9. The zero-order valence-electron chi connectivity index (χ0n) is 18.3. The van der Waals surface area contributed by atoms with Crippen molar-refractivity contribution in [1.29, 1.82) is 0 Å². The highest BCUT2D eigenvalue weighted by atomic mass is 32.2. The molecule has 0 radical (unpaired) electrons. The first-order valence-electron chi connectivity index (χ1n) is 10.5. The molecule has 8 heteroatoms. The zero-order chi connectivity index (χ0) is 23.3. The minimum atomic E-state index is -0.833. The maximum atomic E-state index is 13.7. The van der Waals surface area contributed by atoms with E-state index in [2.05, 4.69) is 10.6 Å². The average Bonchev–Trinajstić information content (AvgIpc) is 2.78. The number of nitrogens with one attached hydrogen (secondary N) is 2. The first-order chi connectivity index (χ1) is 15.4. The molecule has 1 unspecified atom stereocenters. The molecule has 0 heterocycles. The SMILES string of the molecule is CC(C)C[C@H](NC(=O)OCc1ccccc1)C(=O)NC(C=O)CCSc1ccccc1F.